The number of anilines is 1. The molecule has 162 valence electrons. The van der Waals surface area contributed by atoms with Gasteiger partial charge in [0.05, 0.1) is 30.0 Å². The highest BCUT2D eigenvalue weighted by Gasteiger charge is 2.24. The summed E-state index contributed by atoms with van der Waals surface area (Å²) in [6, 6.07) is 14.7. The van der Waals surface area contributed by atoms with E-state index in [0.717, 1.165) is 11.3 Å². The molecular formula is C23H20N4O4S. The summed E-state index contributed by atoms with van der Waals surface area (Å²) in [6.07, 6.45) is 0.656. The molecule has 0 aliphatic heterocycles. The molecule has 32 heavy (non-hydrogen) atoms. The molecule has 0 radical (unpaired) electrons. The van der Waals surface area contributed by atoms with Crippen LogP contribution in [0.3, 0.4) is 0 Å². The van der Waals surface area contributed by atoms with Crippen LogP contribution in [0.5, 0.6) is 5.75 Å². The summed E-state index contributed by atoms with van der Waals surface area (Å²) in [4.78, 5) is 38.2. The Labute approximate surface area is 188 Å². The molecule has 1 atom stereocenters. The lowest BCUT2D eigenvalue weighted by Gasteiger charge is -2.14. The van der Waals surface area contributed by atoms with Crippen LogP contribution in [0.1, 0.15) is 23.8 Å². The number of fused-ring (bicyclic) bond motifs is 1. The van der Waals surface area contributed by atoms with Gasteiger partial charge < -0.3 is 9.47 Å². The molecule has 0 aliphatic carbocycles. The summed E-state index contributed by atoms with van der Waals surface area (Å²) in [6.45, 7) is 1.76. The molecule has 0 bridgehead atoms. The molecule has 0 spiro atoms. The Hall–Kier alpha value is -3.85. The minimum absolute atomic E-state index is 0.0458. The molecule has 1 N–H and O–H groups in total. The van der Waals surface area contributed by atoms with Crippen LogP contribution in [-0.4, -0.2) is 40.0 Å². The molecule has 0 fully saturated rings. The Morgan fingerprint density at radius 1 is 1.09 bits per heavy atom. The lowest BCUT2D eigenvalue weighted by molar-refractivity contribution is -0.124. The number of methoxy groups -OCH3 is 1. The quantitative estimate of drug-likeness (QED) is 0.420. The van der Waals surface area contributed by atoms with Crippen molar-refractivity contribution >= 4 is 39.4 Å². The predicted molar refractivity (Wildman–Crippen MR) is 122 cm³/mol. The predicted octanol–water partition coefficient (Wildman–Crippen LogP) is 4.34. The van der Waals surface area contributed by atoms with Gasteiger partial charge in [-0.15, -0.1) is 11.3 Å². The summed E-state index contributed by atoms with van der Waals surface area (Å²) in [5, 5.41) is 4.97. The SMILES string of the molecule is CCC(OC(=O)c1cnc2ccccc2n1)C(=O)Nc1nc(-c2cccc(OC)c2)cs1. The molecule has 2 heterocycles. The number of hydrogen-bond donors (Lipinski definition) is 1. The maximum absolute atomic E-state index is 12.7. The van der Waals surface area contributed by atoms with E-state index in [1.165, 1.54) is 17.5 Å². The number of hydrogen-bond acceptors (Lipinski definition) is 8. The molecule has 9 heteroatoms. The van der Waals surface area contributed by atoms with Crippen molar-refractivity contribution in [3.8, 4) is 17.0 Å². The van der Waals surface area contributed by atoms with Crippen molar-refractivity contribution < 1.29 is 19.1 Å². The van der Waals surface area contributed by atoms with Crippen LogP contribution >= 0.6 is 11.3 Å². The zero-order chi connectivity index (χ0) is 22.5. The van der Waals surface area contributed by atoms with E-state index >= 15 is 0 Å². The Kier molecular flexibility index (Phi) is 6.37. The Morgan fingerprint density at radius 2 is 1.91 bits per heavy atom. The minimum Gasteiger partial charge on any atom is -0.497 e. The van der Waals surface area contributed by atoms with Crippen molar-refractivity contribution in [2.45, 2.75) is 19.4 Å². The third-order valence-corrected chi connectivity index (χ3v) is 5.43. The van der Waals surface area contributed by atoms with Crippen LogP contribution in [0.2, 0.25) is 0 Å². The van der Waals surface area contributed by atoms with Crippen LogP contribution in [0.4, 0.5) is 5.13 Å². The zero-order valence-electron chi connectivity index (χ0n) is 17.4. The number of amides is 1. The van der Waals surface area contributed by atoms with Gasteiger partial charge in [0.15, 0.2) is 16.9 Å². The third kappa shape index (κ3) is 4.73. The molecule has 4 aromatic rings. The van der Waals surface area contributed by atoms with E-state index in [-0.39, 0.29) is 5.69 Å². The van der Waals surface area contributed by atoms with Gasteiger partial charge in [-0.05, 0) is 30.7 Å². The molecular weight excluding hydrogens is 428 g/mol. The average Bonchev–Trinajstić information content (AvgIpc) is 3.30. The van der Waals surface area contributed by atoms with Crippen LogP contribution in [0, 0.1) is 0 Å². The number of esters is 1. The smallest absolute Gasteiger partial charge is 0.359 e. The highest BCUT2D eigenvalue weighted by Crippen LogP contribution is 2.27. The molecule has 0 saturated carbocycles. The van der Waals surface area contributed by atoms with Gasteiger partial charge in [0.2, 0.25) is 0 Å². The van der Waals surface area contributed by atoms with Gasteiger partial charge in [-0.25, -0.2) is 14.8 Å². The molecule has 1 unspecified atom stereocenters. The molecule has 0 aliphatic rings. The topological polar surface area (TPSA) is 103 Å². The fourth-order valence-corrected chi connectivity index (χ4v) is 3.72. The number of thiazole rings is 1. The van der Waals surface area contributed by atoms with Gasteiger partial charge in [-0.3, -0.25) is 15.1 Å². The Bertz CT molecular complexity index is 1270. The molecule has 2 aromatic carbocycles. The van der Waals surface area contributed by atoms with E-state index < -0.39 is 18.0 Å². The van der Waals surface area contributed by atoms with Crippen molar-refractivity contribution in [1.82, 2.24) is 15.0 Å². The maximum Gasteiger partial charge on any atom is 0.359 e. The fourth-order valence-electron chi connectivity index (χ4n) is 3.00. The second-order valence-corrected chi connectivity index (χ2v) is 7.66. The Morgan fingerprint density at radius 3 is 2.69 bits per heavy atom. The van der Waals surface area contributed by atoms with E-state index in [0.29, 0.717) is 28.3 Å². The molecule has 0 saturated heterocycles. The number of nitrogens with zero attached hydrogens (tertiary/aromatic N) is 3. The highest BCUT2D eigenvalue weighted by atomic mass is 32.1. The first-order valence-electron chi connectivity index (χ1n) is 9.91. The number of para-hydroxylation sites is 2. The van der Waals surface area contributed by atoms with Crippen molar-refractivity contribution in [3.63, 3.8) is 0 Å². The summed E-state index contributed by atoms with van der Waals surface area (Å²) >= 11 is 1.28. The second kappa shape index (κ2) is 9.52. The lowest BCUT2D eigenvalue weighted by Crippen LogP contribution is -2.32. The number of ether oxygens (including phenoxy) is 2. The lowest BCUT2D eigenvalue weighted by atomic mass is 10.2. The van der Waals surface area contributed by atoms with Crippen molar-refractivity contribution in [2.75, 3.05) is 12.4 Å². The van der Waals surface area contributed by atoms with Crippen molar-refractivity contribution in [2.24, 2.45) is 0 Å². The number of benzene rings is 2. The standard InChI is InChI=1S/C23H20N4O4S/c1-3-20(31-22(29)18-12-24-16-9-4-5-10-17(16)25-18)21(28)27-23-26-19(13-32-23)14-7-6-8-15(11-14)30-2/h4-13,20H,3H2,1-2H3,(H,26,27,28). The summed E-state index contributed by atoms with van der Waals surface area (Å²) in [5.74, 6) is -0.446. The molecule has 4 rings (SSSR count). The molecule has 1 amide bonds. The van der Waals surface area contributed by atoms with Crippen LogP contribution < -0.4 is 10.1 Å². The highest BCUT2D eigenvalue weighted by molar-refractivity contribution is 7.14. The van der Waals surface area contributed by atoms with E-state index in [1.54, 1.807) is 26.2 Å². The molecule has 8 nitrogen and oxygen atoms in total. The average molecular weight is 449 g/mol. The first kappa shape index (κ1) is 21.4. The van der Waals surface area contributed by atoms with Gasteiger partial charge in [-0.1, -0.05) is 31.2 Å². The second-order valence-electron chi connectivity index (χ2n) is 6.81. The van der Waals surface area contributed by atoms with E-state index in [9.17, 15) is 9.59 Å². The van der Waals surface area contributed by atoms with Gasteiger partial charge in [0.1, 0.15) is 5.75 Å². The van der Waals surface area contributed by atoms with Gasteiger partial charge in [0.25, 0.3) is 5.91 Å². The minimum atomic E-state index is -0.986. The number of rotatable bonds is 7. The number of carbonyl (C=O) groups is 2. The zero-order valence-corrected chi connectivity index (χ0v) is 18.3. The number of aromatic nitrogens is 3. The molecule has 2 aromatic heterocycles. The summed E-state index contributed by atoms with van der Waals surface area (Å²) in [7, 11) is 1.60. The van der Waals surface area contributed by atoms with Crippen molar-refractivity contribution in [3.05, 3.63) is 65.8 Å². The fraction of sp³-hybridized carbons (Fsp3) is 0.174. The summed E-state index contributed by atoms with van der Waals surface area (Å²) < 4.78 is 10.6. The normalized spacial score (nSPS) is 11.7. The van der Waals surface area contributed by atoms with Gasteiger partial charge in [0, 0.05) is 10.9 Å². The van der Waals surface area contributed by atoms with E-state index in [4.69, 9.17) is 9.47 Å². The third-order valence-electron chi connectivity index (χ3n) is 4.67. The van der Waals surface area contributed by atoms with Crippen molar-refractivity contribution in [1.29, 1.82) is 0 Å². The van der Waals surface area contributed by atoms with Crippen LogP contribution in [0.25, 0.3) is 22.3 Å². The van der Waals surface area contributed by atoms with Crippen LogP contribution in [-0.2, 0) is 9.53 Å². The maximum atomic E-state index is 12.7. The van der Waals surface area contributed by atoms with Gasteiger partial charge in [-0.2, -0.15) is 0 Å². The van der Waals surface area contributed by atoms with Gasteiger partial charge >= 0.3 is 5.97 Å². The first-order valence-corrected chi connectivity index (χ1v) is 10.8. The largest absolute Gasteiger partial charge is 0.497 e. The van der Waals surface area contributed by atoms with E-state index in [2.05, 4.69) is 20.3 Å². The number of carbonyl (C=O) groups excluding carboxylic acids is 2. The Balaban J connectivity index is 1.43. The number of nitrogens with one attached hydrogen (secondary N) is 1. The van der Waals surface area contributed by atoms with E-state index in [1.807, 2.05) is 41.8 Å². The van der Waals surface area contributed by atoms with Crippen LogP contribution in [0.15, 0.2) is 60.1 Å². The first-order chi connectivity index (χ1) is 15.6. The summed E-state index contributed by atoms with van der Waals surface area (Å²) in [5.41, 5.74) is 2.87. The monoisotopic (exact) mass is 448 g/mol.